The third-order valence-corrected chi connectivity index (χ3v) is 3.22. The quantitative estimate of drug-likeness (QED) is 0.788. The number of amides is 2. The van der Waals surface area contributed by atoms with E-state index in [0.29, 0.717) is 18.9 Å². The van der Waals surface area contributed by atoms with Gasteiger partial charge in [0.2, 0.25) is 0 Å². The average molecular weight is 242 g/mol. The highest BCUT2D eigenvalue weighted by atomic mass is 16.4. The summed E-state index contributed by atoms with van der Waals surface area (Å²) in [6, 6.07) is -0.820. The van der Waals surface area contributed by atoms with Crippen LogP contribution in [-0.4, -0.2) is 40.6 Å². The molecule has 1 fully saturated rings. The lowest BCUT2D eigenvalue weighted by Gasteiger charge is -2.24. The molecule has 0 saturated carbocycles. The van der Waals surface area contributed by atoms with Crippen LogP contribution in [0.5, 0.6) is 0 Å². The highest BCUT2D eigenvalue weighted by Crippen LogP contribution is 2.22. The van der Waals surface area contributed by atoms with Crippen LogP contribution in [0.3, 0.4) is 0 Å². The molecular formula is C12H22N2O3. The van der Waals surface area contributed by atoms with Crippen LogP contribution in [0.15, 0.2) is 0 Å². The Morgan fingerprint density at radius 2 is 2.12 bits per heavy atom. The number of nitrogens with one attached hydrogen (secondary N) is 1. The number of likely N-dealkylation sites (tertiary alicyclic amines) is 1. The minimum Gasteiger partial charge on any atom is -0.480 e. The Morgan fingerprint density at radius 3 is 2.53 bits per heavy atom. The lowest BCUT2D eigenvalue weighted by Crippen LogP contribution is -2.49. The maximum atomic E-state index is 11.9. The summed E-state index contributed by atoms with van der Waals surface area (Å²) in [7, 11) is 0. The maximum absolute atomic E-state index is 11.9. The van der Waals surface area contributed by atoms with Crippen LogP contribution in [0.25, 0.3) is 0 Å². The molecule has 1 aliphatic heterocycles. The number of hydrogen-bond acceptors (Lipinski definition) is 2. The zero-order valence-electron chi connectivity index (χ0n) is 10.8. The number of carboxylic acids is 1. The van der Waals surface area contributed by atoms with E-state index in [4.69, 9.17) is 5.11 Å². The predicted octanol–water partition coefficient (Wildman–Crippen LogP) is 1.68. The second kappa shape index (κ2) is 5.89. The van der Waals surface area contributed by atoms with Gasteiger partial charge in [-0.1, -0.05) is 20.3 Å². The third-order valence-electron chi connectivity index (χ3n) is 3.22. The minimum atomic E-state index is -0.958. The van der Waals surface area contributed by atoms with Gasteiger partial charge in [0, 0.05) is 12.6 Å². The molecule has 0 bridgehead atoms. The van der Waals surface area contributed by atoms with E-state index in [1.54, 1.807) is 4.90 Å². The summed E-state index contributed by atoms with van der Waals surface area (Å²) in [6.45, 7) is 6.72. The van der Waals surface area contributed by atoms with Gasteiger partial charge in [-0.15, -0.1) is 0 Å². The van der Waals surface area contributed by atoms with E-state index < -0.39 is 12.0 Å². The van der Waals surface area contributed by atoms with E-state index in [1.165, 1.54) is 0 Å². The van der Waals surface area contributed by atoms with E-state index in [0.717, 1.165) is 12.8 Å². The van der Waals surface area contributed by atoms with Gasteiger partial charge in [-0.3, -0.25) is 0 Å². The lowest BCUT2D eigenvalue weighted by atomic mass is 10.1. The maximum Gasteiger partial charge on any atom is 0.326 e. The van der Waals surface area contributed by atoms with Gasteiger partial charge in [0.15, 0.2) is 0 Å². The molecule has 17 heavy (non-hydrogen) atoms. The molecule has 1 rings (SSSR count). The molecule has 0 aliphatic carbocycles. The minimum absolute atomic E-state index is 0.195. The Labute approximate surface area is 102 Å². The van der Waals surface area contributed by atoms with E-state index in [1.807, 2.05) is 13.8 Å². The molecular weight excluding hydrogens is 220 g/mol. The van der Waals surface area contributed by atoms with E-state index in [2.05, 4.69) is 12.2 Å². The van der Waals surface area contributed by atoms with Crippen LogP contribution in [-0.2, 0) is 4.79 Å². The molecule has 0 spiro atoms. The zero-order valence-corrected chi connectivity index (χ0v) is 10.8. The van der Waals surface area contributed by atoms with E-state index in [-0.39, 0.29) is 12.1 Å². The smallest absolute Gasteiger partial charge is 0.326 e. The number of aliphatic carboxylic acids is 1. The number of nitrogens with zero attached hydrogens (tertiary/aromatic N) is 1. The van der Waals surface area contributed by atoms with Gasteiger partial charge >= 0.3 is 12.0 Å². The number of carboxylic acid groups (broad SMARTS) is 1. The van der Waals surface area contributed by atoms with Crippen molar-refractivity contribution in [2.24, 2.45) is 5.92 Å². The van der Waals surface area contributed by atoms with Gasteiger partial charge in [0.25, 0.3) is 0 Å². The molecule has 0 aromatic rings. The van der Waals surface area contributed by atoms with Gasteiger partial charge in [0.05, 0.1) is 0 Å². The molecule has 0 radical (unpaired) electrons. The van der Waals surface area contributed by atoms with Crippen LogP contribution in [0.2, 0.25) is 0 Å². The first-order chi connectivity index (χ1) is 7.95. The first-order valence-corrected chi connectivity index (χ1v) is 6.25. The first-order valence-electron chi connectivity index (χ1n) is 6.25. The summed E-state index contributed by atoms with van der Waals surface area (Å²) in [5.74, 6) is -0.467. The summed E-state index contributed by atoms with van der Waals surface area (Å²) >= 11 is 0. The monoisotopic (exact) mass is 242 g/mol. The van der Waals surface area contributed by atoms with Crippen LogP contribution < -0.4 is 5.32 Å². The average Bonchev–Trinajstić information content (AvgIpc) is 2.57. The largest absolute Gasteiger partial charge is 0.480 e. The van der Waals surface area contributed by atoms with Crippen molar-refractivity contribution in [3.8, 4) is 0 Å². The second-order valence-corrected chi connectivity index (χ2v) is 4.97. The van der Waals surface area contributed by atoms with Gasteiger partial charge in [-0.25, -0.2) is 9.59 Å². The van der Waals surface area contributed by atoms with Crippen LogP contribution in [0.1, 0.15) is 40.0 Å². The normalized spacial score (nSPS) is 25.7. The molecule has 1 heterocycles. The van der Waals surface area contributed by atoms with Crippen molar-refractivity contribution < 1.29 is 14.7 Å². The summed E-state index contributed by atoms with van der Waals surface area (Å²) in [6.07, 6.45) is 2.20. The lowest BCUT2D eigenvalue weighted by molar-refractivity contribution is -0.139. The van der Waals surface area contributed by atoms with Crippen LogP contribution >= 0.6 is 0 Å². The number of carbonyl (C=O) groups is 2. The van der Waals surface area contributed by atoms with Crippen molar-refractivity contribution >= 4 is 12.0 Å². The van der Waals surface area contributed by atoms with Gasteiger partial charge in [0.1, 0.15) is 6.04 Å². The molecule has 3 unspecified atom stereocenters. The highest BCUT2D eigenvalue weighted by molar-refractivity contribution is 5.82. The van der Waals surface area contributed by atoms with Crippen molar-refractivity contribution in [2.75, 3.05) is 6.54 Å². The van der Waals surface area contributed by atoms with Gasteiger partial charge < -0.3 is 15.3 Å². The highest BCUT2D eigenvalue weighted by Gasteiger charge is 2.31. The Morgan fingerprint density at radius 1 is 1.47 bits per heavy atom. The number of urea groups is 1. The molecule has 1 saturated heterocycles. The Kier molecular flexibility index (Phi) is 4.78. The number of carbonyl (C=O) groups excluding carboxylic acids is 1. The van der Waals surface area contributed by atoms with Crippen molar-refractivity contribution in [2.45, 2.75) is 52.1 Å². The fraction of sp³-hybridized carbons (Fsp3) is 0.833. The molecule has 98 valence electrons. The molecule has 3 atom stereocenters. The number of hydrogen-bond donors (Lipinski definition) is 2. The molecule has 5 heteroatoms. The molecule has 0 aromatic carbocycles. The predicted molar refractivity (Wildman–Crippen MR) is 64.8 cm³/mol. The standard InChI is InChI=1S/C12H22N2O3/c1-4-5-10(11(15)16)13-12(17)14-7-8(2)6-9(14)3/h8-10H,4-7H2,1-3H3,(H,13,17)(H,15,16). The Bertz CT molecular complexity index is 293. The zero-order chi connectivity index (χ0) is 13.0. The molecule has 5 nitrogen and oxygen atoms in total. The first kappa shape index (κ1) is 13.8. The fourth-order valence-electron chi connectivity index (χ4n) is 2.36. The third kappa shape index (κ3) is 3.61. The topological polar surface area (TPSA) is 69.6 Å². The van der Waals surface area contributed by atoms with E-state index in [9.17, 15) is 9.59 Å². The molecule has 1 aliphatic rings. The molecule has 2 N–H and O–H groups in total. The molecule has 2 amide bonds. The Hall–Kier alpha value is -1.26. The van der Waals surface area contributed by atoms with Crippen LogP contribution in [0, 0.1) is 5.92 Å². The van der Waals surface area contributed by atoms with Crippen molar-refractivity contribution in [3.63, 3.8) is 0 Å². The van der Waals surface area contributed by atoms with E-state index >= 15 is 0 Å². The molecule has 0 aromatic heterocycles. The summed E-state index contributed by atoms with van der Waals surface area (Å²) < 4.78 is 0. The summed E-state index contributed by atoms with van der Waals surface area (Å²) in [4.78, 5) is 24.6. The van der Waals surface area contributed by atoms with Crippen molar-refractivity contribution in [3.05, 3.63) is 0 Å². The fourth-order valence-corrected chi connectivity index (χ4v) is 2.36. The summed E-state index contributed by atoms with van der Waals surface area (Å²) in [5.41, 5.74) is 0. The van der Waals surface area contributed by atoms with Gasteiger partial charge in [-0.05, 0) is 25.7 Å². The SMILES string of the molecule is CCCC(NC(=O)N1CC(C)CC1C)C(=O)O. The van der Waals surface area contributed by atoms with Crippen molar-refractivity contribution in [1.29, 1.82) is 0 Å². The second-order valence-electron chi connectivity index (χ2n) is 4.97. The summed E-state index contributed by atoms with van der Waals surface area (Å²) in [5, 5.41) is 11.6. The Balaban J connectivity index is 2.55. The van der Waals surface area contributed by atoms with Gasteiger partial charge in [-0.2, -0.15) is 0 Å². The van der Waals surface area contributed by atoms with Crippen molar-refractivity contribution in [1.82, 2.24) is 10.2 Å². The number of rotatable bonds is 4. The van der Waals surface area contributed by atoms with Crippen LogP contribution in [0.4, 0.5) is 4.79 Å².